The summed E-state index contributed by atoms with van der Waals surface area (Å²) in [5, 5.41) is 0. The van der Waals surface area contributed by atoms with Gasteiger partial charge >= 0.3 is 0 Å². The average molecular weight is 294 g/mol. The predicted octanol–water partition coefficient (Wildman–Crippen LogP) is 3.10. The zero-order valence-corrected chi connectivity index (χ0v) is 12.5. The van der Waals surface area contributed by atoms with Crippen LogP contribution < -0.4 is 10.5 Å². The second kappa shape index (κ2) is 6.81. The van der Waals surface area contributed by atoms with Crippen LogP contribution in [0.25, 0.3) is 0 Å². The number of ether oxygens (including phenoxy) is 1. The molecule has 108 valence electrons. The predicted molar refractivity (Wildman–Crippen MR) is 79.8 cm³/mol. The van der Waals surface area contributed by atoms with Crippen molar-refractivity contribution in [3.05, 3.63) is 45.7 Å². The number of hydrogen-bond acceptors (Lipinski definition) is 4. The van der Waals surface area contributed by atoms with Gasteiger partial charge in [0.1, 0.15) is 11.6 Å². The first kappa shape index (κ1) is 14.9. The quantitative estimate of drug-likeness (QED) is 0.890. The normalized spacial score (nSPS) is 12.4. The molecule has 1 unspecified atom stereocenters. The highest BCUT2D eigenvalue weighted by atomic mass is 32.1. The Morgan fingerprint density at radius 3 is 2.90 bits per heavy atom. The van der Waals surface area contributed by atoms with Gasteiger partial charge in [0.2, 0.25) is 0 Å². The van der Waals surface area contributed by atoms with E-state index in [-0.39, 0.29) is 11.9 Å². The topological polar surface area (TPSA) is 48.1 Å². The van der Waals surface area contributed by atoms with Crippen molar-refractivity contribution in [1.82, 2.24) is 4.98 Å². The molecule has 0 radical (unpaired) electrons. The number of aromatic nitrogens is 1. The minimum atomic E-state index is -0.258. The summed E-state index contributed by atoms with van der Waals surface area (Å²) in [5.74, 6) is 0.456. The van der Waals surface area contributed by atoms with Crippen LogP contribution in [0.2, 0.25) is 0 Å². The molecule has 1 heterocycles. The fourth-order valence-corrected chi connectivity index (χ4v) is 2.78. The highest BCUT2D eigenvalue weighted by Gasteiger charge is 2.09. The molecule has 1 aromatic carbocycles. The van der Waals surface area contributed by atoms with Crippen LogP contribution in [-0.2, 0) is 12.8 Å². The number of rotatable bonds is 6. The highest BCUT2D eigenvalue weighted by molar-refractivity contribution is 7.09. The van der Waals surface area contributed by atoms with E-state index in [1.807, 2.05) is 19.4 Å². The summed E-state index contributed by atoms with van der Waals surface area (Å²) in [6.07, 6.45) is 1.41. The first-order chi connectivity index (χ1) is 9.56. The maximum absolute atomic E-state index is 13.3. The third kappa shape index (κ3) is 4.02. The van der Waals surface area contributed by atoms with E-state index >= 15 is 0 Å². The Kier molecular flexibility index (Phi) is 5.09. The Labute approximate surface area is 122 Å². The van der Waals surface area contributed by atoms with Gasteiger partial charge in [-0.25, -0.2) is 9.37 Å². The molecule has 2 aromatic rings. The fourth-order valence-electron chi connectivity index (χ4n) is 2.02. The second-order valence-electron chi connectivity index (χ2n) is 4.89. The molecule has 2 rings (SSSR count). The van der Waals surface area contributed by atoms with Crippen molar-refractivity contribution < 1.29 is 9.13 Å². The summed E-state index contributed by atoms with van der Waals surface area (Å²) in [6, 6.07) is 4.56. The zero-order chi connectivity index (χ0) is 14.5. The van der Waals surface area contributed by atoms with Gasteiger partial charge in [-0.15, -0.1) is 11.3 Å². The highest BCUT2D eigenvalue weighted by Crippen LogP contribution is 2.22. The van der Waals surface area contributed by atoms with E-state index in [0.29, 0.717) is 18.8 Å². The Balaban J connectivity index is 2.00. The van der Waals surface area contributed by atoms with Crippen LogP contribution in [0.5, 0.6) is 5.75 Å². The maximum Gasteiger partial charge on any atom is 0.123 e. The molecule has 0 aliphatic rings. The number of nitrogens with two attached hydrogens (primary N) is 1. The Morgan fingerprint density at radius 2 is 2.25 bits per heavy atom. The van der Waals surface area contributed by atoms with E-state index in [0.717, 1.165) is 17.7 Å². The lowest BCUT2D eigenvalue weighted by molar-refractivity contribution is 0.318. The molecule has 0 amide bonds. The molecule has 3 nitrogen and oxygen atoms in total. The van der Waals surface area contributed by atoms with Crippen LogP contribution in [-0.4, -0.2) is 17.6 Å². The second-order valence-corrected chi connectivity index (χ2v) is 5.83. The van der Waals surface area contributed by atoms with Crippen LogP contribution in [0.3, 0.4) is 0 Å². The van der Waals surface area contributed by atoms with Crippen molar-refractivity contribution in [3.63, 3.8) is 0 Å². The first-order valence-corrected chi connectivity index (χ1v) is 7.50. The summed E-state index contributed by atoms with van der Waals surface area (Å²) in [4.78, 5) is 5.43. The van der Waals surface area contributed by atoms with Crippen molar-refractivity contribution in [1.29, 1.82) is 0 Å². The molecule has 0 spiro atoms. The van der Waals surface area contributed by atoms with Crippen molar-refractivity contribution in [2.24, 2.45) is 5.73 Å². The minimum absolute atomic E-state index is 0.0251. The molecule has 20 heavy (non-hydrogen) atoms. The SMILES string of the molecule is Cc1ncsc1CCOc1ccc(F)cc1CC(C)N. The molecule has 0 aliphatic heterocycles. The third-order valence-corrected chi connectivity index (χ3v) is 3.99. The summed E-state index contributed by atoms with van der Waals surface area (Å²) in [5.41, 5.74) is 9.49. The van der Waals surface area contributed by atoms with E-state index < -0.39 is 0 Å². The number of halogens is 1. The van der Waals surface area contributed by atoms with Crippen LogP contribution in [0, 0.1) is 12.7 Å². The summed E-state index contributed by atoms with van der Waals surface area (Å²) in [7, 11) is 0. The molecule has 1 aromatic heterocycles. The molecule has 1 atom stereocenters. The van der Waals surface area contributed by atoms with Gasteiger partial charge in [-0.1, -0.05) is 0 Å². The molecule has 2 N–H and O–H groups in total. The maximum atomic E-state index is 13.3. The Bertz CT molecular complexity index is 569. The van der Waals surface area contributed by atoms with Gasteiger partial charge in [-0.05, 0) is 44.0 Å². The van der Waals surface area contributed by atoms with Gasteiger partial charge in [-0.2, -0.15) is 0 Å². The molecule has 5 heteroatoms. The first-order valence-electron chi connectivity index (χ1n) is 6.62. The van der Waals surface area contributed by atoms with E-state index in [2.05, 4.69) is 4.98 Å². The zero-order valence-electron chi connectivity index (χ0n) is 11.7. The number of hydrogen-bond donors (Lipinski definition) is 1. The molecule has 0 bridgehead atoms. The lowest BCUT2D eigenvalue weighted by Gasteiger charge is -2.13. The van der Waals surface area contributed by atoms with Crippen LogP contribution in [0.15, 0.2) is 23.7 Å². The van der Waals surface area contributed by atoms with Gasteiger partial charge < -0.3 is 10.5 Å². The standard InChI is InChI=1S/C15H19FN2OS/c1-10(17)7-12-8-13(16)3-4-14(12)19-6-5-15-11(2)18-9-20-15/h3-4,8-10H,5-7,17H2,1-2H3. The number of benzene rings is 1. The largest absolute Gasteiger partial charge is 0.493 e. The summed E-state index contributed by atoms with van der Waals surface area (Å²) >= 11 is 1.63. The van der Waals surface area contributed by atoms with Crippen molar-refractivity contribution >= 4 is 11.3 Å². The summed E-state index contributed by atoms with van der Waals surface area (Å²) < 4.78 is 19.1. The molecule has 0 aliphatic carbocycles. The van der Waals surface area contributed by atoms with E-state index in [1.54, 1.807) is 17.4 Å². The average Bonchev–Trinajstić information content (AvgIpc) is 2.77. The Hall–Kier alpha value is -1.46. The number of nitrogens with zero attached hydrogens (tertiary/aromatic N) is 1. The lowest BCUT2D eigenvalue weighted by atomic mass is 10.1. The fraction of sp³-hybridized carbons (Fsp3) is 0.400. The van der Waals surface area contributed by atoms with Crippen molar-refractivity contribution in [2.75, 3.05) is 6.61 Å². The van der Waals surface area contributed by atoms with Gasteiger partial charge in [0, 0.05) is 17.3 Å². The Morgan fingerprint density at radius 1 is 1.45 bits per heavy atom. The van der Waals surface area contributed by atoms with Crippen LogP contribution in [0.1, 0.15) is 23.1 Å². The molecular formula is C15H19FN2OS. The molecular weight excluding hydrogens is 275 g/mol. The van der Waals surface area contributed by atoms with Crippen molar-refractivity contribution in [3.8, 4) is 5.75 Å². The monoisotopic (exact) mass is 294 g/mol. The van der Waals surface area contributed by atoms with Gasteiger partial charge in [0.25, 0.3) is 0 Å². The van der Waals surface area contributed by atoms with Gasteiger partial charge in [0.05, 0.1) is 17.8 Å². The van der Waals surface area contributed by atoms with E-state index in [1.165, 1.54) is 17.0 Å². The minimum Gasteiger partial charge on any atom is -0.493 e. The van der Waals surface area contributed by atoms with E-state index in [4.69, 9.17) is 10.5 Å². The van der Waals surface area contributed by atoms with Gasteiger partial charge in [0.15, 0.2) is 0 Å². The lowest BCUT2D eigenvalue weighted by Crippen LogP contribution is -2.18. The number of thiazole rings is 1. The van der Waals surface area contributed by atoms with Gasteiger partial charge in [-0.3, -0.25) is 0 Å². The third-order valence-electron chi connectivity index (χ3n) is 3.00. The van der Waals surface area contributed by atoms with Crippen LogP contribution in [0.4, 0.5) is 4.39 Å². The number of aryl methyl sites for hydroxylation is 1. The smallest absolute Gasteiger partial charge is 0.123 e. The molecule has 0 saturated carbocycles. The van der Waals surface area contributed by atoms with Crippen molar-refractivity contribution in [2.45, 2.75) is 32.7 Å². The summed E-state index contributed by atoms with van der Waals surface area (Å²) in [6.45, 7) is 4.45. The molecule has 0 fully saturated rings. The molecule has 0 saturated heterocycles. The van der Waals surface area contributed by atoms with Crippen LogP contribution >= 0.6 is 11.3 Å². The van der Waals surface area contributed by atoms with E-state index in [9.17, 15) is 4.39 Å².